The van der Waals surface area contributed by atoms with Crippen LogP contribution >= 0.6 is 0 Å². The number of aromatic nitrogens is 2. The first kappa shape index (κ1) is 17.2. The highest BCUT2D eigenvalue weighted by molar-refractivity contribution is 5.60. The maximum Gasteiger partial charge on any atom is 0.212 e. The second-order valence-corrected chi connectivity index (χ2v) is 6.95. The van der Waals surface area contributed by atoms with Crippen molar-refractivity contribution in [2.75, 3.05) is 0 Å². The molecule has 0 aliphatic carbocycles. The van der Waals surface area contributed by atoms with E-state index >= 15 is 0 Å². The molecule has 4 aromatic rings. The van der Waals surface area contributed by atoms with Crippen molar-refractivity contribution in [1.82, 2.24) is 0 Å². The molecule has 0 atom stereocenters. The van der Waals surface area contributed by atoms with Gasteiger partial charge in [-0.3, -0.25) is 0 Å². The van der Waals surface area contributed by atoms with Gasteiger partial charge in [-0.2, -0.15) is 14.7 Å². The minimum absolute atomic E-state index is 0.482. The molecule has 27 heavy (non-hydrogen) atoms. The Kier molecular flexibility index (Phi) is 4.80. The van der Waals surface area contributed by atoms with Crippen LogP contribution in [0.1, 0.15) is 25.3 Å². The van der Waals surface area contributed by atoms with E-state index in [0.29, 0.717) is 5.92 Å². The van der Waals surface area contributed by atoms with Crippen LogP contribution < -0.4 is 9.13 Å². The second-order valence-electron chi connectivity index (χ2n) is 6.95. The summed E-state index contributed by atoms with van der Waals surface area (Å²) < 4.78 is 4.26. The van der Waals surface area contributed by atoms with E-state index in [-0.39, 0.29) is 0 Å². The van der Waals surface area contributed by atoms with E-state index in [1.54, 1.807) is 0 Å². The zero-order chi connectivity index (χ0) is 18.6. The molecule has 0 amide bonds. The van der Waals surface area contributed by atoms with Crippen LogP contribution in [0, 0.1) is 6.07 Å². The Labute approximate surface area is 161 Å². The Hall–Kier alpha value is -3.26. The monoisotopic (exact) mass is 351 g/mol. The molecule has 2 aromatic heterocycles. The van der Waals surface area contributed by atoms with E-state index < -0.39 is 0 Å². The number of hydrogen-bond donors (Lipinski definition) is 0. The lowest BCUT2D eigenvalue weighted by Crippen LogP contribution is -2.31. The summed E-state index contributed by atoms with van der Waals surface area (Å²) >= 11 is 0. The van der Waals surface area contributed by atoms with Crippen LogP contribution in [-0.4, -0.2) is 0 Å². The molecule has 0 bridgehead atoms. The Bertz CT molecular complexity index is 1020. The zero-order valence-electron chi connectivity index (χ0n) is 15.7. The van der Waals surface area contributed by atoms with Gasteiger partial charge in [0.05, 0.1) is 0 Å². The average molecular weight is 351 g/mol. The predicted molar refractivity (Wildman–Crippen MR) is 108 cm³/mol. The lowest BCUT2D eigenvalue weighted by Gasteiger charge is -2.11. The molecule has 2 heterocycles. The van der Waals surface area contributed by atoms with E-state index in [1.807, 2.05) is 12.3 Å². The summed E-state index contributed by atoms with van der Waals surface area (Å²) in [6, 6.07) is 28.7. The van der Waals surface area contributed by atoms with Crippen LogP contribution in [0.3, 0.4) is 0 Å². The molecule has 0 radical (unpaired) electrons. The fraction of sp³-hybridized carbons (Fsp3) is 0.120. The fourth-order valence-electron chi connectivity index (χ4n) is 3.30. The van der Waals surface area contributed by atoms with Gasteiger partial charge in [-0.1, -0.05) is 56.3 Å². The van der Waals surface area contributed by atoms with Gasteiger partial charge < -0.3 is 0 Å². The van der Waals surface area contributed by atoms with Crippen molar-refractivity contribution >= 4 is 0 Å². The van der Waals surface area contributed by atoms with Gasteiger partial charge in [-0.25, -0.2) is 0 Å². The van der Waals surface area contributed by atoms with Crippen molar-refractivity contribution in [3.63, 3.8) is 0 Å². The smallest absolute Gasteiger partial charge is 0.190 e. The SMILES string of the molecule is CC(C)c1ccccc1-[n+]1c[c-]c(-c2cc[n+](-c3ccccc3)cc2)cc1. The van der Waals surface area contributed by atoms with Crippen LogP contribution in [0.2, 0.25) is 0 Å². The van der Waals surface area contributed by atoms with Gasteiger partial charge in [0.1, 0.15) is 12.4 Å². The molecule has 4 rings (SSSR count). The lowest BCUT2D eigenvalue weighted by atomic mass is 10.0. The maximum atomic E-state index is 3.43. The Balaban J connectivity index is 1.62. The molecule has 0 saturated heterocycles. The van der Waals surface area contributed by atoms with Crippen LogP contribution in [0.25, 0.3) is 22.5 Å². The van der Waals surface area contributed by atoms with E-state index in [9.17, 15) is 0 Å². The third-order valence-corrected chi connectivity index (χ3v) is 4.79. The minimum Gasteiger partial charge on any atom is -0.190 e. The molecular formula is C25H23N2+. The predicted octanol–water partition coefficient (Wildman–Crippen LogP) is 4.83. The van der Waals surface area contributed by atoms with Gasteiger partial charge in [0.25, 0.3) is 0 Å². The van der Waals surface area contributed by atoms with Crippen LogP contribution in [0.4, 0.5) is 0 Å². The highest BCUT2D eigenvalue weighted by atomic mass is 14.9. The Morgan fingerprint density at radius 2 is 1.37 bits per heavy atom. The Morgan fingerprint density at radius 1 is 0.704 bits per heavy atom. The standard InChI is InChI=1S/C25H23N2/c1-20(2)24-10-6-7-11-25(24)27-18-14-22(15-19-27)21-12-16-26(17-13-21)23-8-4-3-5-9-23/h3-14,16-20H,1-2H3/q+1. The van der Waals surface area contributed by atoms with Gasteiger partial charge in [-0.05, 0) is 18.1 Å². The topological polar surface area (TPSA) is 7.76 Å². The van der Waals surface area contributed by atoms with Gasteiger partial charge in [0.15, 0.2) is 12.4 Å². The lowest BCUT2D eigenvalue weighted by molar-refractivity contribution is -0.596. The third kappa shape index (κ3) is 3.65. The number of benzene rings is 2. The molecule has 0 aliphatic rings. The van der Waals surface area contributed by atoms with Crippen LogP contribution in [-0.2, 0) is 0 Å². The fourth-order valence-corrected chi connectivity index (χ4v) is 3.30. The van der Waals surface area contributed by atoms with Gasteiger partial charge >= 0.3 is 0 Å². The summed E-state index contributed by atoms with van der Waals surface area (Å²) in [5.41, 5.74) is 5.96. The molecule has 2 nitrogen and oxygen atoms in total. The van der Waals surface area contributed by atoms with Crippen LogP contribution in [0.5, 0.6) is 0 Å². The summed E-state index contributed by atoms with van der Waals surface area (Å²) in [5.74, 6) is 0.482. The van der Waals surface area contributed by atoms with Gasteiger partial charge in [0.2, 0.25) is 11.4 Å². The molecule has 2 heteroatoms. The Morgan fingerprint density at radius 3 is 2.04 bits per heavy atom. The molecule has 0 spiro atoms. The molecule has 2 aromatic carbocycles. The van der Waals surface area contributed by atoms with Crippen molar-refractivity contribution in [2.45, 2.75) is 19.8 Å². The number of para-hydroxylation sites is 2. The summed E-state index contributed by atoms with van der Waals surface area (Å²) in [4.78, 5) is 0. The molecule has 0 aliphatic heterocycles. The van der Waals surface area contributed by atoms with Gasteiger partial charge in [0, 0.05) is 23.8 Å². The van der Waals surface area contributed by atoms with Crippen molar-refractivity contribution in [1.29, 1.82) is 0 Å². The maximum absolute atomic E-state index is 3.43. The van der Waals surface area contributed by atoms with E-state index in [0.717, 1.165) is 16.8 Å². The highest BCUT2D eigenvalue weighted by Crippen LogP contribution is 2.20. The van der Waals surface area contributed by atoms with E-state index in [4.69, 9.17) is 0 Å². The molecule has 132 valence electrons. The molecular weight excluding hydrogens is 328 g/mol. The van der Waals surface area contributed by atoms with Crippen molar-refractivity contribution in [3.8, 4) is 22.5 Å². The second kappa shape index (κ2) is 7.55. The molecule has 0 unspecified atom stereocenters. The number of nitrogens with zero attached hydrogens (tertiary/aromatic N) is 2. The van der Waals surface area contributed by atoms with E-state index in [2.05, 4.69) is 114 Å². The number of rotatable bonds is 4. The first-order valence-corrected chi connectivity index (χ1v) is 9.32. The summed E-state index contributed by atoms with van der Waals surface area (Å²) in [5, 5.41) is 0. The first-order chi connectivity index (χ1) is 13.2. The van der Waals surface area contributed by atoms with Crippen molar-refractivity contribution < 1.29 is 9.13 Å². The first-order valence-electron chi connectivity index (χ1n) is 9.32. The molecule has 0 N–H and O–H groups in total. The third-order valence-electron chi connectivity index (χ3n) is 4.79. The van der Waals surface area contributed by atoms with Gasteiger partial charge in [-0.15, -0.1) is 11.6 Å². The largest absolute Gasteiger partial charge is 0.212 e. The van der Waals surface area contributed by atoms with Crippen LogP contribution in [0.15, 0.2) is 97.6 Å². The summed E-state index contributed by atoms with van der Waals surface area (Å²) in [6.45, 7) is 4.45. The normalized spacial score (nSPS) is 10.9. The summed E-state index contributed by atoms with van der Waals surface area (Å²) in [7, 11) is 0. The minimum atomic E-state index is 0.482. The quantitative estimate of drug-likeness (QED) is 0.367. The number of pyridine rings is 2. The van der Waals surface area contributed by atoms with Crippen molar-refractivity contribution in [2.24, 2.45) is 0 Å². The highest BCUT2D eigenvalue weighted by Gasteiger charge is 2.12. The average Bonchev–Trinajstić information content (AvgIpc) is 2.75. The zero-order valence-corrected chi connectivity index (χ0v) is 15.7. The van der Waals surface area contributed by atoms with E-state index in [1.165, 1.54) is 11.3 Å². The summed E-state index contributed by atoms with van der Waals surface area (Å²) in [6.07, 6.45) is 8.32. The molecule has 0 saturated carbocycles. The number of hydrogen-bond acceptors (Lipinski definition) is 0. The van der Waals surface area contributed by atoms with Crippen molar-refractivity contribution in [3.05, 3.63) is 109 Å². The molecule has 0 fully saturated rings.